The number of carbonyl (C=O) groups is 3. The lowest BCUT2D eigenvalue weighted by atomic mass is 10.0. The average molecular weight is 555 g/mol. The van der Waals surface area contributed by atoms with Crippen LogP contribution in [0.2, 0.25) is 10.0 Å². The first-order valence-electron chi connectivity index (χ1n) is 11.7. The van der Waals surface area contributed by atoms with Crippen LogP contribution in [0.15, 0.2) is 71.4 Å². The van der Waals surface area contributed by atoms with E-state index in [9.17, 15) is 14.4 Å². The van der Waals surface area contributed by atoms with E-state index in [1.54, 1.807) is 48.5 Å². The molecule has 0 bridgehead atoms. The fraction of sp³-hybridized carbons (Fsp3) is 0.179. The van der Waals surface area contributed by atoms with Gasteiger partial charge in [0.15, 0.2) is 11.5 Å². The summed E-state index contributed by atoms with van der Waals surface area (Å²) in [4.78, 5) is 39.0. The van der Waals surface area contributed by atoms with Crippen molar-refractivity contribution in [3.05, 3.63) is 99.5 Å². The lowest BCUT2D eigenvalue weighted by Gasteiger charge is -2.25. The lowest BCUT2D eigenvalue weighted by Crippen LogP contribution is -2.53. The number of imide groups is 2. The van der Waals surface area contributed by atoms with Gasteiger partial charge in [-0.25, -0.2) is 4.79 Å². The van der Waals surface area contributed by atoms with Crippen molar-refractivity contribution in [1.29, 1.82) is 0 Å². The number of hydrogen-bond donors (Lipinski definition) is 1. The predicted molar refractivity (Wildman–Crippen MR) is 143 cm³/mol. The molecule has 3 aromatic rings. The number of furan rings is 1. The summed E-state index contributed by atoms with van der Waals surface area (Å²) in [5.74, 6) is -0.242. The van der Waals surface area contributed by atoms with E-state index in [0.29, 0.717) is 45.9 Å². The molecule has 0 unspecified atom stereocenters. The lowest BCUT2D eigenvalue weighted by molar-refractivity contribution is -0.130. The minimum atomic E-state index is -0.819. The van der Waals surface area contributed by atoms with Crippen LogP contribution in [0.4, 0.5) is 4.79 Å². The first-order chi connectivity index (χ1) is 18.3. The molecule has 0 radical (unpaired) electrons. The maximum absolute atomic E-state index is 13.1. The summed E-state index contributed by atoms with van der Waals surface area (Å²) >= 11 is 12.3. The van der Waals surface area contributed by atoms with Crippen molar-refractivity contribution in [1.82, 2.24) is 10.2 Å². The van der Waals surface area contributed by atoms with Gasteiger partial charge < -0.3 is 13.9 Å². The maximum atomic E-state index is 13.1. The zero-order valence-electron chi connectivity index (χ0n) is 20.5. The van der Waals surface area contributed by atoms with Gasteiger partial charge in [-0.1, -0.05) is 35.3 Å². The first kappa shape index (κ1) is 27.0. The zero-order chi connectivity index (χ0) is 27.2. The maximum Gasteiger partial charge on any atom is 0.331 e. The van der Waals surface area contributed by atoms with Gasteiger partial charge in [-0.2, -0.15) is 0 Å². The van der Waals surface area contributed by atoms with E-state index in [2.05, 4.69) is 11.9 Å². The van der Waals surface area contributed by atoms with Crippen LogP contribution < -0.4 is 14.8 Å². The highest BCUT2D eigenvalue weighted by molar-refractivity contribution is 6.35. The largest absolute Gasteiger partial charge is 0.490 e. The molecule has 1 N–H and O–H groups in total. The minimum Gasteiger partial charge on any atom is -0.490 e. The highest BCUT2D eigenvalue weighted by atomic mass is 35.5. The summed E-state index contributed by atoms with van der Waals surface area (Å²) in [6.45, 7) is 6.03. The number of allylic oxidation sites excluding steroid dienone is 1. The number of amides is 4. The quantitative estimate of drug-likeness (QED) is 0.189. The average Bonchev–Trinajstić information content (AvgIpc) is 3.39. The predicted octanol–water partition coefficient (Wildman–Crippen LogP) is 5.95. The Kier molecular flexibility index (Phi) is 8.55. The first-order valence-corrected chi connectivity index (χ1v) is 12.4. The molecule has 4 amide bonds. The molecule has 8 nitrogen and oxygen atoms in total. The van der Waals surface area contributed by atoms with Gasteiger partial charge in [0.25, 0.3) is 11.8 Å². The Morgan fingerprint density at radius 3 is 2.58 bits per heavy atom. The third-order valence-corrected chi connectivity index (χ3v) is 6.18. The van der Waals surface area contributed by atoms with Gasteiger partial charge >= 0.3 is 6.03 Å². The van der Waals surface area contributed by atoms with E-state index in [0.717, 1.165) is 16.0 Å². The summed E-state index contributed by atoms with van der Waals surface area (Å²) in [5, 5.41) is 3.19. The van der Waals surface area contributed by atoms with E-state index >= 15 is 0 Å². The molecule has 38 heavy (non-hydrogen) atoms. The molecule has 196 valence electrons. The van der Waals surface area contributed by atoms with Gasteiger partial charge in [-0.05, 0) is 61.4 Å². The second-order valence-electron chi connectivity index (χ2n) is 8.25. The normalized spacial score (nSPS) is 14.6. The number of halogens is 2. The second kappa shape index (κ2) is 12.0. The van der Waals surface area contributed by atoms with Crippen LogP contribution in [0.25, 0.3) is 6.08 Å². The van der Waals surface area contributed by atoms with Crippen LogP contribution >= 0.6 is 23.2 Å². The molecule has 1 fully saturated rings. The van der Waals surface area contributed by atoms with Gasteiger partial charge in [0.05, 0.1) is 19.4 Å². The molecule has 1 aliphatic heterocycles. The van der Waals surface area contributed by atoms with Crippen LogP contribution in [0, 0.1) is 0 Å². The number of ether oxygens (including phenoxy) is 2. The summed E-state index contributed by atoms with van der Waals surface area (Å²) in [7, 11) is 0. The number of benzene rings is 2. The molecule has 0 aliphatic carbocycles. The molecular formula is C28H24Cl2N2O6. The number of barbiturate groups is 1. The summed E-state index contributed by atoms with van der Waals surface area (Å²) in [6, 6.07) is 11.0. The zero-order valence-corrected chi connectivity index (χ0v) is 22.0. The molecule has 0 atom stereocenters. The van der Waals surface area contributed by atoms with Crippen molar-refractivity contribution < 1.29 is 28.3 Å². The van der Waals surface area contributed by atoms with Crippen LogP contribution in [0.5, 0.6) is 11.5 Å². The molecule has 0 spiro atoms. The van der Waals surface area contributed by atoms with Crippen LogP contribution in [-0.2, 0) is 29.2 Å². The Morgan fingerprint density at radius 1 is 1.08 bits per heavy atom. The van der Waals surface area contributed by atoms with Crippen LogP contribution in [0.1, 0.15) is 29.4 Å². The Bertz CT molecular complexity index is 1410. The molecule has 1 saturated heterocycles. The molecule has 10 heteroatoms. The third-order valence-electron chi connectivity index (χ3n) is 5.60. The minimum absolute atomic E-state index is 0.117. The topological polar surface area (TPSA) is 98.1 Å². The highest BCUT2D eigenvalue weighted by Crippen LogP contribution is 2.36. The summed E-state index contributed by atoms with van der Waals surface area (Å²) < 4.78 is 17.2. The number of nitrogens with zero attached hydrogens (tertiary/aromatic N) is 1. The number of urea groups is 1. The number of carbonyl (C=O) groups excluding carboxylic acids is 3. The standard InChI is InChI=1S/C28H24Cl2N2O6/c1-3-6-18-11-17(12-22-26(33)31-28(35)32(27(22)34)15-21-7-5-10-37-21)13-24(36-4-2)25(18)38-16-19-8-9-20(29)14-23(19)30/h3,5,7-14H,1,4,6,15-16H2,2H3,(H,31,33,35)/b22-12+. The SMILES string of the molecule is C=CCc1cc(/C=C2\C(=O)NC(=O)N(Cc3ccco3)C2=O)cc(OCC)c1OCc1ccc(Cl)cc1Cl. The fourth-order valence-electron chi connectivity index (χ4n) is 3.85. The summed E-state index contributed by atoms with van der Waals surface area (Å²) in [5.41, 5.74) is 1.76. The Morgan fingerprint density at radius 2 is 1.89 bits per heavy atom. The number of hydrogen-bond acceptors (Lipinski definition) is 6. The van der Waals surface area contributed by atoms with Crippen LogP contribution in [0.3, 0.4) is 0 Å². The molecule has 2 heterocycles. The van der Waals surface area contributed by atoms with Crippen molar-refractivity contribution >= 4 is 47.1 Å². The Balaban J connectivity index is 1.68. The van der Waals surface area contributed by atoms with Crippen molar-refractivity contribution in [3.8, 4) is 11.5 Å². The molecule has 4 rings (SSSR count). The summed E-state index contributed by atoms with van der Waals surface area (Å²) in [6.07, 6.45) is 4.97. The van der Waals surface area contributed by atoms with E-state index < -0.39 is 17.8 Å². The molecule has 2 aromatic carbocycles. The monoisotopic (exact) mass is 554 g/mol. The van der Waals surface area contributed by atoms with Crippen molar-refractivity contribution in [2.75, 3.05) is 6.61 Å². The molecule has 1 aromatic heterocycles. The number of rotatable bonds is 10. The van der Waals surface area contributed by atoms with E-state index in [4.69, 9.17) is 37.1 Å². The highest BCUT2D eigenvalue weighted by Gasteiger charge is 2.36. The van der Waals surface area contributed by atoms with Crippen LogP contribution in [-0.4, -0.2) is 29.4 Å². The number of nitrogens with one attached hydrogen (secondary N) is 1. The van der Waals surface area contributed by atoms with Gasteiger partial charge in [0, 0.05) is 21.2 Å². The van der Waals surface area contributed by atoms with Gasteiger partial charge in [0.2, 0.25) is 0 Å². The van der Waals surface area contributed by atoms with Crippen molar-refractivity contribution in [2.45, 2.75) is 26.5 Å². The van der Waals surface area contributed by atoms with Crippen molar-refractivity contribution in [3.63, 3.8) is 0 Å². The second-order valence-corrected chi connectivity index (χ2v) is 9.09. The smallest absolute Gasteiger partial charge is 0.331 e. The Hall–Kier alpha value is -4.01. The molecule has 0 saturated carbocycles. The van der Waals surface area contributed by atoms with E-state index in [-0.39, 0.29) is 18.7 Å². The Labute approximate surface area is 229 Å². The fourth-order valence-corrected chi connectivity index (χ4v) is 4.31. The van der Waals surface area contributed by atoms with Crippen molar-refractivity contribution in [2.24, 2.45) is 0 Å². The van der Waals surface area contributed by atoms with E-state index in [1.807, 2.05) is 6.92 Å². The molecule has 1 aliphatic rings. The molecular weight excluding hydrogens is 531 g/mol. The third kappa shape index (κ3) is 6.10. The van der Waals surface area contributed by atoms with Gasteiger partial charge in [-0.15, -0.1) is 6.58 Å². The van der Waals surface area contributed by atoms with Gasteiger partial charge in [0.1, 0.15) is 17.9 Å². The van der Waals surface area contributed by atoms with Gasteiger partial charge in [-0.3, -0.25) is 19.8 Å². The van der Waals surface area contributed by atoms with E-state index in [1.165, 1.54) is 12.3 Å².